The van der Waals surface area contributed by atoms with E-state index in [2.05, 4.69) is 5.32 Å². The Kier molecular flexibility index (Phi) is 5.84. The Labute approximate surface area is 153 Å². The van der Waals surface area contributed by atoms with Crippen molar-refractivity contribution in [2.75, 3.05) is 33.5 Å². The molecule has 26 heavy (non-hydrogen) atoms. The molecular weight excluding hydrogens is 334 g/mol. The molecule has 1 aliphatic rings. The molecule has 0 aliphatic carbocycles. The fourth-order valence-electron chi connectivity index (χ4n) is 2.68. The minimum absolute atomic E-state index is 0.0550. The monoisotopic (exact) mass is 357 g/mol. The van der Waals surface area contributed by atoms with E-state index in [1.807, 2.05) is 37.3 Å². The third-order valence-corrected chi connectivity index (χ3v) is 4.02. The lowest BCUT2D eigenvalue weighted by molar-refractivity contribution is -0.123. The number of fused-ring (bicyclic) bond motifs is 1. The molecule has 138 valence electrons. The van der Waals surface area contributed by atoms with Crippen molar-refractivity contribution in [2.45, 2.75) is 13.3 Å². The van der Waals surface area contributed by atoms with Gasteiger partial charge in [0.15, 0.2) is 29.6 Å². The van der Waals surface area contributed by atoms with Gasteiger partial charge < -0.3 is 24.3 Å². The Morgan fingerprint density at radius 1 is 1.08 bits per heavy atom. The van der Waals surface area contributed by atoms with Gasteiger partial charge in [0.25, 0.3) is 5.91 Å². The maximum absolute atomic E-state index is 12.0. The second-order valence-corrected chi connectivity index (χ2v) is 6.02. The van der Waals surface area contributed by atoms with Crippen molar-refractivity contribution in [3.05, 3.63) is 47.5 Å². The highest BCUT2D eigenvalue weighted by Gasteiger charge is 2.12. The fourth-order valence-corrected chi connectivity index (χ4v) is 2.68. The van der Waals surface area contributed by atoms with Crippen LogP contribution in [0.5, 0.6) is 23.0 Å². The molecule has 0 unspecified atom stereocenters. The standard InChI is InChI=1S/C20H23NO5/c1-14-3-5-16(18(11-14)23-2)26-13-20(22)21-8-7-15-4-6-17-19(12-15)25-10-9-24-17/h3-6,11-12H,7-10,13H2,1-2H3,(H,21,22). The number of carbonyl (C=O) groups is 1. The third kappa shape index (κ3) is 4.59. The number of methoxy groups -OCH3 is 1. The molecule has 0 fully saturated rings. The number of rotatable bonds is 7. The van der Waals surface area contributed by atoms with Crippen LogP contribution in [0.1, 0.15) is 11.1 Å². The van der Waals surface area contributed by atoms with Gasteiger partial charge in [-0.3, -0.25) is 4.79 Å². The lowest BCUT2D eigenvalue weighted by Crippen LogP contribution is -2.30. The van der Waals surface area contributed by atoms with E-state index in [-0.39, 0.29) is 12.5 Å². The van der Waals surface area contributed by atoms with E-state index >= 15 is 0 Å². The number of hydrogen-bond acceptors (Lipinski definition) is 5. The molecule has 0 spiro atoms. The third-order valence-electron chi connectivity index (χ3n) is 4.02. The first-order chi connectivity index (χ1) is 12.7. The Hall–Kier alpha value is -2.89. The summed E-state index contributed by atoms with van der Waals surface area (Å²) in [5.74, 6) is 2.53. The van der Waals surface area contributed by atoms with Gasteiger partial charge in [-0.15, -0.1) is 0 Å². The molecule has 1 N–H and O–H groups in total. The average molecular weight is 357 g/mol. The van der Waals surface area contributed by atoms with Crippen molar-refractivity contribution in [2.24, 2.45) is 0 Å². The minimum Gasteiger partial charge on any atom is -0.493 e. The summed E-state index contributed by atoms with van der Waals surface area (Å²) < 4.78 is 21.9. The largest absolute Gasteiger partial charge is 0.493 e. The number of benzene rings is 2. The highest BCUT2D eigenvalue weighted by atomic mass is 16.6. The molecule has 6 heteroatoms. The van der Waals surface area contributed by atoms with E-state index in [4.69, 9.17) is 18.9 Å². The smallest absolute Gasteiger partial charge is 0.257 e. The molecule has 0 radical (unpaired) electrons. The zero-order valence-electron chi connectivity index (χ0n) is 15.0. The molecule has 1 amide bonds. The molecule has 0 atom stereocenters. The van der Waals surface area contributed by atoms with Crippen LogP contribution in [-0.4, -0.2) is 39.4 Å². The molecular formula is C20H23NO5. The van der Waals surface area contributed by atoms with E-state index in [9.17, 15) is 4.79 Å². The predicted octanol–water partition coefficient (Wildman–Crippen LogP) is 2.51. The number of nitrogens with one attached hydrogen (secondary N) is 1. The second-order valence-electron chi connectivity index (χ2n) is 6.02. The Bertz CT molecular complexity index is 775. The molecule has 1 heterocycles. The molecule has 2 aromatic rings. The highest BCUT2D eigenvalue weighted by molar-refractivity contribution is 5.77. The summed E-state index contributed by atoms with van der Waals surface area (Å²) in [6, 6.07) is 11.4. The van der Waals surface area contributed by atoms with Crippen molar-refractivity contribution in [1.29, 1.82) is 0 Å². The van der Waals surface area contributed by atoms with Crippen LogP contribution in [0.3, 0.4) is 0 Å². The van der Waals surface area contributed by atoms with Gasteiger partial charge in [0.1, 0.15) is 13.2 Å². The molecule has 0 saturated carbocycles. The van der Waals surface area contributed by atoms with Gasteiger partial charge in [-0.1, -0.05) is 12.1 Å². The summed E-state index contributed by atoms with van der Waals surface area (Å²) in [4.78, 5) is 12.0. The summed E-state index contributed by atoms with van der Waals surface area (Å²) in [6.07, 6.45) is 0.705. The topological polar surface area (TPSA) is 66.0 Å². The average Bonchev–Trinajstić information content (AvgIpc) is 2.66. The lowest BCUT2D eigenvalue weighted by atomic mass is 10.1. The lowest BCUT2D eigenvalue weighted by Gasteiger charge is -2.18. The van der Waals surface area contributed by atoms with Crippen molar-refractivity contribution in [3.63, 3.8) is 0 Å². The van der Waals surface area contributed by atoms with Crippen LogP contribution in [-0.2, 0) is 11.2 Å². The second kappa shape index (κ2) is 8.47. The SMILES string of the molecule is COc1cc(C)ccc1OCC(=O)NCCc1ccc2c(c1)OCCO2. The van der Waals surface area contributed by atoms with E-state index in [0.29, 0.717) is 37.7 Å². The molecule has 2 aromatic carbocycles. The Morgan fingerprint density at radius 2 is 1.88 bits per heavy atom. The number of ether oxygens (including phenoxy) is 4. The Morgan fingerprint density at radius 3 is 2.69 bits per heavy atom. The molecule has 6 nitrogen and oxygen atoms in total. The first kappa shape index (κ1) is 17.9. The first-order valence-corrected chi connectivity index (χ1v) is 8.58. The molecule has 0 saturated heterocycles. The maximum Gasteiger partial charge on any atom is 0.257 e. The van der Waals surface area contributed by atoms with Gasteiger partial charge in [-0.2, -0.15) is 0 Å². The van der Waals surface area contributed by atoms with Gasteiger partial charge in [-0.05, 0) is 48.7 Å². The van der Waals surface area contributed by atoms with Gasteiger partial charge in [0.05, 0.1) is 7.11 Å². The van der Waals surface area contributed by atoms with Crippen molar-refractivity contribution < 1.29 is 23.7 Å². The van der Waals surface area contributed by atoms with Crippen LogP contribution >= 0.6 is 0 Å². The number of aryl methyl sites for hydroxylation is 1. The predicted molar refractivity (Wildman–Crippen MR) is 97.4 cm³/mol. The summed E-state index contributed by atoms with van der Waals surface area (Å²) >= 11 is 0. The van der Waals surface area contributed by atoms with Gasteiger partial charge in [0.2, 0.25) is 0 Å². The Balaban J connectivity index is 1.44. The normalized spacial score (nSPS) is 12.4. The molecule has 1 aliphatic heterocycles. The van der Waals surface area contributed by atoms with Gasteiger partial charge >= 0.3 is 0 Å². The number of carbonyl (C=O) groups excluding carboxylic acids is 1. The van der Waals surface area contributed by atoms with Crippen molar-refractivity contribution in [3.8, 4) is 23.0 Å². The maximum atomic E-state index is 12.0. The van der Waals surface area contributed by atoms with E-state index in [1.54, 1.807) is 13.2 Å². The fraction of sp³-hybridized carbons (Fsp3) is 0.350. The van der Waals surface area contributed by atoms with Crippen LogP contribution in [0.15, 0.2) is 36.4 Å². The highest BCUT2D eigenvalue weighted by Crippen LogP contribution is 2.30. The van der Waals surface area contributed by atoms with Crippen molar-refractivity contribution >= 4 is 5.91 Å². The number of hydrogen-bond donors (Lipinski definition) is 1. The summed E-state index contributed by atoms with van der Waals surface area (Å²) in [6.45, 7) is 3.57. The van der Waals surface area contributed by atoms with Crippen LogP contribution in [0, 0.1) is 6.92 Å². The van der Waals surface area contributed by atoms with Gasteiger partial charge in [0, 0.05) is 6.54 Å². The first-order valence-electron chi connectivity index (χ1n) is 8.58. The van der Waals surface area contributed by atoms with Crippen LogP contribution in [0.4, 0.5) is 0 Å². The van der Waals surface area contributed by atoms with Crippen LogP contribution in [0.25, 0.3) is 0 Å². The molecule has 3 rings (SSSR count). The number of amides is 1. The van der Waals surface area contributed by atoms with Crippen LogP contribution < -0.4 is 24.3 Å². The van der Waals surface area contributed by atoms with E-state index in [1.165, 1.54) is 0 Å². The quantitative estimate of drug-likeness (QED) is 0.825. The summed E-state index contributed by atoms with van der Waals surface area (Å²) in [7, 11) is 1.58. The van der Waals surface area contributed by atoms with Gasteiger partial charge in [-0.25, -0.2) is 0 Å². The summed E-state index contributed by atoms with van der Waals surface area (Å²) in [5.41, 5.74) is 2.15. The zero-order chi connectivity index (χ0) is 18.4. The minimum atomic E-state index is -0.176. The molecule has 0 aromatic heterocycles. The van der Waals surface area contributed by atoms with Crippen LogP contribution in [0.2, 0.25) is 0 Å². The van der Waals surface area contributed by atoms with E-state index in [0.717, 1.165) is 22.6 Å². The van der Waals surface area contributed by atoms with E-state index < -0.39 is 0 Å². The summed E-state index contributed by atoms with van der Waals surface area (Å²) in [5, 5.41) is 2.85. The molecule has 0 bridgehead atoms. The van der Waals surface area contributed by atoms with Crippen molar-refractivity contribution in [1.82, 2.24) is 5.32 Å². The zero-order valence-corrected chi connectivity index (χ0v) is 15.0.